The Balaban J connectivity index is 1.24. The summed E-state index contributed by atoms with van der Waals surface area (Å²) < 4.78 is 29.5. The van der Waals surface area contributed by atoms with Crippen LogP contribution in [-0.4, -0.2) is 32.6 Å². The van der Waals surface area contributed by atoms with Crippen LogP contribution in [-0.2, 0) is 14.6 Å². The SMILES string of the molecule is CC(CC1OC1[C@@H](C)[C@H]1CC[C@H]2[C@@H]3CCC4CCCC[C@]4(C)[C@H]3CC[C@]12C)CS(C)(=O)=O. The molecule has 5 rings (SSSR count). The van der Waals surface area contributed by atoms with Crippen LogP contribution < -0.4 is 0 Å². The topological polar surface area (TPSA) is 46.7 Å². The highest BCUT2D eigenvalue weighted by atomic mass is 32.2. The summed E-state index contributed by atoms with van der Waals surface area (Å²) in [7, 11) is -2.90. The average molecular weight is 465 g/mol. The van der Waals surface area contributed by atoms with Crippen molar-refractivity contribution < 1.29 is 13.2 Å². The zero-order chi connectivity index (χ0) is 22.9. The molecule has 0 radical (unpaired) electrons. The summed E-state index contributed by atoms with van der Waals surface area (Å²) in [6.07, 6.45) is 17.6. The van der Waals surface area contributed by atoms with E-state index in [2.05, 4.69) is 27.7 Å². The van der Waals surface area contributed by atoms with Gasteiger partial charge in [-0.1, -0.05) is 40.5 Å². The van der Waals surface area contributed by atoms with E-state index in [9.17, 15) is 8.42 Å². The van der Waals surface area contributed by atoms with Crippen molar-refractivity contribution in [3.63, 3.8) is 0 Å². The Kier molecular flexibility index (Phi) is 6.09. The Morgan fingerprint density at radius 3 is 2.41 bits per heavy atom. The van der Waals surface area contributed by atoms with Crippen LogP contribution in [0, 0.1) is 52.3 Å². The number of hydrogen-bond donors (Lipinski definition) is 0. The van der Waals surface area contributed by atoms with Crippen LogP contribution >= 0.6 is 0 Å². The fourth-order valence-electron chi connectivity index (χ4n) is 10.2. The maximum absolute atomic E-state index is 11.7. The summed E-state index contributed by atoms with van der Waals surface area (Å²) in [5.41, 5.74) is 1.12. The molecule has 3 nitrogen and oxygen atoms in total. The van der Waals surface area contributed by atoms with Gasteiger partial charge < -0.3 is 4.74 Å². The summed E-state index contributed by atoms with van der Waals surface area (Å²) in [6.45, 7) is 9.86. The Hall–Kier alpha value is -0.0900. The standard InChI is InChI=1S/C28H48O3S/c1-18(17-32(5,29)30)16-25-26(31-25)19(2)22-11-12-23-21-10-9-20-8-6-7-14-27(20,3)24(21)13-15-28(22,23)4/h18-26H,6-17H2,1-5H3/t18?,19-,20?,21-,22+,23-,24-,25?,26?,27-,28+/m0/s1. The molecule has 184 valence electrons. The Morgan fingerprint density at radius 2 is 1.66 bits per heavy atom. The highest BCUT2D eigenvalue weighted by Gasteiger charge is 2.61. The van der Waals surface area contributed by atoms with Crippen LogP contribution in [0.5, 0.6) is 0 Å². The Morgan fingerprint density at radius 1 is 0.906 bits per heavy atom. The second-order valence-corrected chi connectivity index (χ2v) is 15.7. The molecule has 0 bridgehead atoms. The molecule has 0 aromatic rings. The molecular weight excluding hydrogens is 416 g/mol. The predicted molar refractivity (Wildman–Crippen MR) is 131 cm³/mol. The molecule has 5 aliphatic rings. The molecular formula is C28H48O3S. The van der Waals surface area contributed by atoms with Gasteiger partial charge in [-0.2, -0.15) is 0 Å². The lowest BCUT2D eigenvalue weighted by molar-refractivity contribution is -0.114. The van der Waals surface area contributed by atoms with E-state index in [0.29, 0.717) is 28.6 Å². The van der Waals surface area contributed by atoms with Crippen molar-refractivity contribution in [1.29, 1.82) is 0 Å². The van der Waals surface area contributed by atoms with Gasteiger partial charge in [0.1, 0.15) is 9.84 Å². The first-order valence-electron chi connectivity index (χ1n) is 13.9. The number of sulfone groups is 1. The van der Waals surface area contributed by atoms with E-state index in [1.807, 2.05) is 0 Å². The van der Waals surface area contributed by atoms with Crippen molar-refractivity contribution >= 4 is 9.84 Å². The third-order valence-corrected chi connectivity index (χ3v) is 12.8. The lowest BCUT2D eigenvalue weighted by atomic mass is 9.44. The molecule has 0 N–H and O–H groups in total. The van der Waals surface area contributed by atoms with Crippen LogP contribution in [0.2, 0.25) is 0 Å². The summed E-state index contributed by atoms with van der Waals surface area (Å²) in [4.78, 5) is 0. The van der Waals surface area contributed by atoms with Crippen molar-refractivity contribution in [2.24, 2.45) is 52.3 Å². The largest absolute Gasteiger partial charge is 0.369 e. The minimum Gasteiger partial charge on any atom is -0.369 e. The van der Waals surface area contributed by atoms with Gasteiger partial charge in [0.2, 0.25) is 0 Å². The van der Waals surface area contributed by atoms with E-state index >= 15 is 0 Å². The molecule has 1 aliphatic heterocycles. The van der Waals surface area contributed by atoms with Gasteiger partial charge in [0.05, 0.1) is 18.0 Å². The fourth-order valence-corrected chi connectivity index (χ4v) is 11.4. The zero-order valence-electron chi connectivity index (χ0n) is 21.3. The molecule has 1 saturated heterocycles. The molecule has 32 heavy (non-hydrogen) atoms. The van der Waals surface area contributed by atoms with Gasteiger partial charge in [0.15, 0.2) is 0 Å². The Bertz CT molecular complexity index is 807. The normalized spacial score (nSPS) is 50.1. The van der Waals surface area contributed by atoms with Crippen LogP contribution in [0.4, 0.5) is 0 Å². The smallest absolute Gasteiger partial charge is 0.147 e. The molecule has 0 aromatic heterocycles. The van der Waals surface area contributed by atoms with Crippen molar-refractivity contribution in [2.45, 2.75) is 111 Å². The molecule has 4 aliphatic carbocycles. The maximum Gasteiger partial charge on any atom is 0.147 e. The van der Waals surface area contributed by atoms with E-state index in [1.165, 1.54) is 70.5 Å². The third kappa shape index (κ3) is 4.01. The summed E-state index contributed by atoms with van der Waals surface area (Å²) >= 11 is 0. The monoisotopic (exact) mass is 464 g/mol. The van der Waals surface area contributed by atoms with Crippen LogP contribution in [0.1, 0.15) is 98.3 Å². The van der Waals surface area contributed by atoms with Crippen molar-refractivity contribution in [1.82, 2.24) is 0 Å². The fraction of sp³-hybridized carbons (Fsp3) is 1.00. The van der Waals surface area contributed by atoms with Crippen molar-refractivity contribution in [2.75, 3.05) is 12.0 Å². The van der Waals surface area contributed by atoms with Gasteiger partial charge in [-0.25, -0.2) is 8.42 Å². The number of ether oxygens (including phenoxy) is 1. The van der Waals surface area contributed by atoms with E-state index in [1.54, 1.807) is 0 Å². The minimum absolute atomic E-state index is 0.195. The van der Waals surface area contributed by atoms with Gasteiger partial charge in [0, 0.05) is 6.26 Å². The van der Waals surface area contributed by atoms with E-state index in [-0.39, 0.29) is 12.0 Å². The first kappa shape index (κ1) is 23.6. The molecule has 0 spiro atoms. The van der Waals surface area contributed by atoms with Crippen molar-refractivity contribution in [3.8, 4) is 0 Å². The summed E-state index contributed by atoms with van der Waals surface area (Å²) in [5.74, 6) is 5.76. The molecule has 4 saturated carbocycles. The number of hydrogen-bond acceptors (Lipinski definition) is 3. The molecule has 4 unspecified atom stereocenters. The second kappa shape index (κ2) is 8.25. The minimum atomic E-state index is -2.90. The summed E-state index contributed by atoms with van der Waals surface area (Å²) in [5, 5.41) is 0. The molecule has 5 fully saturated rings. The second-order valence-electron chi connectivity index (χ2n) is 13.6. The predicted octanol–water partition coefficient (Wildman–Crippen LogP) is 6.51. The third-order valence-electron chi connectivity index (χ3n) is 11.7. The van der Waals surface area contributed by atoms with Crippen LogP contribution in [0.3, 0.4) is 0 Å². The number of epoxide rings is 1. The van der Waals surface area contributed by atoms with Gasteiger partial charge in [-0.3, -0.25) is 0 Å². The van der Waals surface area contributed by atoms with Crippen LogP contribution in [0.15, 0.2) is 0 Å². The van der Waals surface area contributed by atoms with Gasteiger partial charge >= 0.3 is 0 Å². The van der Waals surface area contributed by atoms with E-state index in [4.69, 9.17) is 4.74 Å². The zero-order valence-corrected chi connectivity index (χ0v) is 22.1. The number of rotatable bonds is 6. The van der Waals surface area contributed by atoms with Crippen LogP contribution in [0.25, 0.3) is 0 Å². The molecule has 4 heteroatoms. The lowest BCUT2D eigenvalue weighted by Gasteiger charge is -2.60. The highest BCUT2D eigenvalue weighted by molar-refractivity contribution is 7.90. The van der Waals surface area contributed by atoms with E-state index < -0.39 is 9.84 Å². The first-order valence-corrected chi connectivity index (χ1v) is 15.9. The molecule has 0 amide bonds. The maximum atomic E-state index is 11.7. The molecule has 11 atom stereocenters. The summed E-state index contributed by atoms with van der Waals surface area (Å²) in [6, 6.07) is 0. The average Bonchev–Trinajstić information content (AvgIpc) is 3.36. The molecule has 1 heterocycles. The molecule has 0 aromatic carbocycles. The quantitative estimate of drug-likeness (QED) is 0.421. The van der Waals surface area contributed by atoms with Gasteiger partial charge in [-0.15, -0.1) is 0 Å². The first-order chi connectivity index (χ1) is 15.0. The highest BCUT2D eigenvalue weighted by Crippen LogP contribution is 2.68. The van der Waals surface area contributed by atoms with Gasteiger partial charge in [0.25, 0.3) is 0 Å². The van der Waals surface area contributed by atoms with Gasteiger partial charge in [-0.05, 0) is 110 Å². The van der Waals surface area contributed by atoms with Crippen molar-refractivity contribution in [3.05, 3.63) is 0 Å². The van der Waals surface area contributed by atoms with E-state index in [0.717, 1.165) is 36.0 Å². The Labute approximate surface area is 197 Å². The number of fused-ring (bicyclic) bond motifs is 5. The lowest BCUT2D eigenvalue weighted by Crippen LogP contribution is -2.53.